The van der Waals surface area contributed by atoms with Crippen LogP contribution in [0, 0.1) is 11.5 Å². The van der Waals surface area contributed by atoms with Crippen molar-refractivity contribution in [2.75, 3.05) is 39.2 Å². The molecule has 0 aliphatic rings. The molecule has 0 saturated heterocycles. The summed E-state index contributed by atoms with van der Waals surface area (Å²) < 4.78 is 3.85. The van der Waals surface area contributed by atoms with Crippen molar-refractivity contribution in [3.63, 3.8) is 0 Å². The quantitative estimate of drug-likeness (QED) is 0.305. The highest BCUT2D eigenvalue weighted by Crippen LogP contribution is 1.96. The molecular weight excluding hydrogens is 388 g/mol. The standard InChI is InChI=1S/2C4H8OS.2C2H3NO.2CH4S/c2*1-3-4(5)6-2;1-4-2-3;1-3-2-4;2*1-2/h2*3H2,1-2H3;2*1H3;2*2H,1H3. The van der Waals surface area contributed by atoms with Gasteiger partial charge in [-0.1, -0.05) is 37.4 Å². The van der Waals surface area contributed by atoms with E-state index < -0.39 is 0 Å². The van der Waals surface area contributed by atoms with Crippen molar-refractivity contribution in [2.45, 2.75) is 26.7 Å². The maximum absolute atomic E-state index is 10.1. The number of rotatable bonds is 2. The second-order valence-electron chi connectivity index (χ2n) is 2.47. The first-order valence-corrected chi connectivity index (χ1v) is 10.6. The highest BCUT2D eigenvalue weighted by Gasteiger charge is 1.88. The summed E-state index contributed by atoms with van der Waals surface area (Å²) in [7, 11) is 2.70. The van der Waals surface area contributed by atoms with Crippen LogP contribution < -0.4 is 0 Å². The molecule has 0 atom stereocenters. The van der Waals surface area contributed by atoms with Crippen LogP contribution in [-0.4, -0.2) is 55.5 Å². The summed E-state index contributed by atoms with van der Waals surface area (Å²) >= 11 is 9.63. The highest BCUT2D eigenvalue weighted by atomic mass is 32.2. The van der Waals surface area contributed by atoms with Gasteiger partial charge in [0.15, 0.2) is 10.2 Å². The number of hydrogen-bond acceptors (Lipinski definition) is 10. The Morgan fingerprint density at radius 3 is 1.25 bits per heavy atom. The van der Waals surface area contributed by atoms with Gasteiger partial charge in [0, 0.05) is 19.9 Å². The van der Waals surface area contributed by atoms with Crippen molar-refractivity contribution in [3.8, 4) is 6.26 Å². The lowest BCUT2D eigenvalue weighted by molar-refractivity contribution is -0.111. The van der Waals surface area contributed by atoms with Crippen molar-refractivity contribution < 1.29 is 19.1 Å². The topological polar surface area (TPSA) is 96.6 Å². The predicted octanol–water partition coefficient (Wildman–Crippen LogP) is 3.73. The van der Waals surface area contributed by atoms with E-state index in [1.165, 1.54) is 50.0 Å². The molecule has 6 nitrogen and oxygen atoms in total. The normalized spacial score (nSPS) is 6.04. The molecule has 0 amide bonds. The summed E-state index contributed by atoms with van der Waals surface area (Å²) in [6.07, 6.45) is 11.0. The Kier molecular flexibility index (Phi) is 92.3. The van der Waals surface area contributed by atoms with Crippen LogP contribution in [0.15, 0.2) is 4.99 Å². The van der Waals surface area contributed by atoms with Crippen LogP contribution in [0.1, 0.15) is 26.7 Å². The molecule has 0 bridgehead atoms. The summed E-state index contributed by atoms with van der Waals surface area (Å²) in [5.41, 5.74) is 0. The lowest BCUT2D eigenvalue weighted by atomic mass is 10.6. The highest BCUT2D eigenvalue weighted by molar-refractivity contribution is 8.13. The van der Waals surface area contributed by atoms with E-state index in [0.29, 0.717) is 12.8 Å². The summed E-state index contributed by atoms with van der Waals surface area (Å²) in [4.78, 5) is 32.1. The number of nitriles is 1. The van der Waals surface area contributed by atoms with Crippen molar-refractivity contribution >= 4 is 65.1 Å². The zero-order valence-corrected chi connectivity index (χ0v) is 19.1. The Labute approximate surface area is 166 Å². The van der Waals surface area contributed by atoms with Crippen LogP contribution in [0.4, 0.5) is 0 Å². The first kappa shape index (κ1) is 38.8. The third-order valence-electron chi connectivity index (χ3n) is 1.22. The minimum atomic E-state index is 0.259. The van der Waals surface area contributed by atoms with Gasteiger partial charge < -0.3 is 4.74 Å². The monoisotopic (exact) mass is 418 g/mol. The zero-order chi connectivity index (χ0) is 20.8. The largest absolute Gasteiger partial charge is 0.431 e. The lowest BCUT2D eigenvalue weighted by Gasteiger charge is -1.81. The van der Waals surface area contributed by atoms with Crippen LogP contribution in [0.2, 0.25) is 0 Å². The van der Waals surface area contributed by atoms with E-state index >= 15 is 0 Å². The van der Waals surface area contributed by atoms with Crippen LogP contribution in [0.5, 0.6) is 0 Å². The minimum Gasteiger partial charge on any atom is -0.431 e. The van der Waals surface area contributed by atoms with E-state index in [1.54, 1.807) is 25.0 Å². The van der Waals surface area contributed by atoms with Crippen molar-refractivity contribution in [1.29, 1.82) is 5.26 Å². The summed E-state index contributed by atoms with van der Waals surface area (Å²) in [6, 6.07) is 0. The summed E-state index contributed by atoms with van der Waals surface area (Å²) in [5, 5.41) is 7.92. The fourth-order valence-electron chi connectivity index (χ4n) is 0.289. The third kappa shape index (κ3) is 101. The van der Waals surface area contributed by atoms with Gasteiger partial charge in [0.05, 0.1) is 7.11 Å². The first-order chi connectivity index (χ1) is 11.4. The molecule has 0 heterocycles. The van der Waals surface area contributed by atoms with Gasteiger partial charge in [0.1, 0.15) is 0 Å². The van der Waals surface area contributed by atoms with Gasteiger partial charge in [-0.05, 0) is 25.0 Å². The molecule has 0 radical (unpaired) electrons. The van der Waals surface area contributed by atoms with Crippen LogP contribution in [-0.2, 0) is 19.1 Å². The van der Waals surface area contributed by atoms with Gasteiger partial charge in [0.25, 0.3) is 6.26 Å². The molecule has 0 rings (SSSR count). The van der Waals surface area contributed by atoms with Crippen LogP contribution in [0.25, 0.3) is 0 Å². The number of carbonyl (C=O) groups is 2. The molecule has 144 valence electrons. The average Bonchev–Trinajstić information content (AvgIpc) is 2.70. The number of thiol groups is 2. The van der Waals surface area contributed by atoms with Crippen molar-refractivity contribution in [3.05, 3.63) is 0 Å². The zero-order valence-electron chi connectivity index (χ0n) is 15.7. The molecular formula is C14H30N2O4S4. The van der Waals surface area contributed by atoms with Gasteiger partial charge in [-0.25, -0.2) is 9.79 Å². The van der Waals surface area contributed by atoms with E-state index in [0.717, 1.165) is 0 Å². The third-order valence-corrected chi connectivity index (χ3v) is 2.70. The average molecular weight is 419 g/mol. The molecule has 10 heteroatoms. The maximum Gasteiger partial charge on any atom is 0.286 e. The second-order valence-corrected chi connectivity index (χ2v) is 4.20. The number of methoxy groups -OCH3 is 1. The fourth-order valence-corrected chi connectivity index (χ4v) is 0.866. The Morgan fingerprint density at radius 2 is 1.25 bits per heavy atom. The summed E-state index contributed by atoms with van der Waals surface area (Å²) in [5.74, 6) is 0. The van der Waals surface area contributed by atoms with Crippen molar-refractivity contribution in [1.82, 2.24) is 0 Å². The smallest absolute Gasteiger partial charge is 0.286 e. The van der Waals surface area contributed by atoms with Crippen LogP contribution in [0.3, 0.4) is 0 Å². The maximum atomic E-state index is 10.1. The Hall–Kier alpha value is -0.590. The number of ether oxygens (including phenoxy) is 1. The number of hydrogen-bond donors (Lipinski definition) is 2. The molecule has 0 fully saturated rings. The van der Waals surface area contributed by atoms with Crippen molar-refractivity contribution in [2.24, 2.45) is 4.99 Å². The van der Waals surface area contributed by atoms with Gasteiger partial charge in [-0.15, -0.1) is 0 Å². The first-order valence-electron chi connectivity index (χ1n) is 6.36. The SMILES string of the molecule is CCC(=O)SC.CCC(=O)SC.CN=C=O.COC#N.CS.CS. The van der Waals surface area contributed by atoms with Gasteiger partial charge in [0.2, 0.25) is 6.08 Å². The molecule has 24 heavy (non-hydrogen) atoms. The molecule has 0 aromatic heterocycles. The molecule has 0 unspecified atom stereocenters. The Morgan fingerprint density at radius 1 is 1.04 bits per heavy atom. The Balaban J connectivity index is -0.0000000426. The lowest BCUT2D eigenvalue weighted by Crippen LogP contribution is -1.81. The number of thioether (sulfide) groups is 2. The number of aliphatic imine (C=N–C) groups is 1. The van der Waals surface area contributed by atoms with E-state index in [1.807, 2.05) is 13.8 Å². The van der Waals surface area contributed by atoms with E-state index in [9.17, 15) is 9.59 Å². The second kappa shape index (κ2) is 57.1. The predicted molar refractivity (Wildman–Crippen MR) is 114 cm³/mol. The van der Waals surface area contributed by atoms with Gasteiger partial charge in [-0.3, -0.25) is 9.59 Å². The number of nitrogens with zero attached hydrogens (tertiary/aromatic N) is 2. The minimum absolute atomic E-state index is 0.259. The molecule has 0 N–H and O–H groups in total. The number of isocyanates is 1. The van der Waals surface area contributed by atoms with Crippen LogP contribution >= 0.6 is 48.8 Å². The Bertz CT molecular complexity index is 290. The molecule has 0 aliphatic carbocycles. The fraction of sp³-hybridized carbons (Fsp3) is 0.714. The van der Waals surface area contributed by atoms with E-state index in [-0.39, 0.29) is 10.2 Å². The molecule has 0 aromatic rings. The summed E-state index contributed by atoms with van der Waals surface area (Å²) in [6.45, 7) is 3.72. The van der Waals surface area contributed by atoms with Gasteiger partial charge >= 0.3 is 0 Å². The molecule has 0 aliphatic heterocycles. The van der Waals surface area contributed by atoms with E-state index in [4.69, 9.17) is 10.1 Å². The van der Waals surface area contributed by atoms with E-state index in [2.05, 4.69) is 35.0 Å². The molecule has 0 spiro atoms. The number of carbonyl (C=O) groups excluding carboxylic acids is 3. The van der Waals surface area contributed by atoms with Gasteiger partial charge in [-0.2, -0.15) is 30.5 Å². The molecule has 0 aromatic carbocycles. The molecule has 0 saturated carbocycles.